The van der Waals surface area contributed by atoms with Crippen molar-refractivity contribution in [3.63, 3.8) is 0 Å². The second-order valence-electron chi connectivity index (χ2n) is 5.55. The van der Waals surface area contributed by atoms with Crippen molar-refractivity contribution in [1.29, 1.82) is 0 Å². The van der Waals surface area contributed by atoms with Gasteiger partial charge in [0.15, 0.2) is 0 Å². The Bertz CT molecular complexity index is 637. The van der Waals surface area contributed by atoms with E-state index in [1.54, 1.807) is 12.1 Å². The molecular weight excluding hydrogens is 286 g/mol. The lowest BCUT2D eigenvalue weighted by Crippen LogP contribution is -2.15. The Kier molecular flexibility index (Phi) is 3.97. The Morgan fingerprint density at radius 1 is 1.19 bits per heavy atom. The normalized spacial score (nSPS) is 15.3. The fourth-order valence-corrected chi connectivity index (χ4v) is 2.94. The van der Waals surface area contributed by atoms with Gasteiger partial charge in [0.05, 0.1) is 10.7 Å². The number of hydrogen-bond acceptors (Lipinski definition) is 4. The molecule has 0 unspecified atom stereocenters. The Morgan fingerprint density at radius 3 is 2.62 bits per heavy atom. The van der Waals surface area contributed by atoms with Crippen LogP contribution in [0.3, 0.4) is 0 Å². The van der Waals surface area contributed by atoms with Crippen LogP contribution in [0.5, 0.6) is 5.75 Å². The van der Waals surface area contributed by atoms with Crippen molar-refractivity contribution in [3.8, 4) is 17.0 Å². The van der Waals surface area contributed by atoms with Crippen LogP contribution in [0.1, 0.15) is 31.2 Å². The first-order valence-electron chi connectivity index (χ1n) is 7.23. The highest BCUT2D eigenvalue weighted by molar-refractivity contribution is 6.32. The standard InChI is InChI=1S/C16H18ClN3O/c1-10-8-15(21)13(17)9-12(10)14-6-7-16(20-19-14)18-11-4-2-3-5-11/h6-9,11,21H,2-5H2,1H3,(H,18,20). The van der Waals surface area contributed by atoms with Crippen LogP contribution in [0.2, 0.25) is 5.02 Å². The topological polar surface area (TPSA) is 58.0 Å². The first-order chi connectivity index (χ1) is 10.1. The van der Waals surface area contributed by atoms with Gasteiger partial charge in [0.1, 0.15) is 11.6 Å². The third kappa shape index (κ3) is 3.10. The lowest BCUT2D eigenvalue weighted by atomic mass is 10.1. The summed E-state index contributed by atoms with van der Waals surface area (Å²) in [6.45, 7) is 1.91. The minimum atomic E-state index is 0.0883. The molecule has 0 aliphatic heterocycles. The van der Waals surface area contributed by atoms with Gasteiger partial charge in [-0.05, 0) is 49.6 Å². The Labute approximate surface area is 129 Å². The zero-order valence-corrected chi connectivity index (χ0v) is 12.7. The maximum atomic E-state index is 9.60. The van der Waals surface area contributed by atoms with Crippen molar-refractivity contribution in [1.82, 2.24) is 10.2 Å². The van der Waals surface area contributed by atoms with Crippen LogP contribution in [0.4, 0.5) is 5.82 Å². The van der Waals surface area contributed by atoms with E-state index in [-0.39, 0.29) is 5.75 Å². The van der Waals surface area contributed by atoms with Crippen molar-refractivity contribution < 1.29 is 5.11 Å². The summed E-state index contributed by atoms with van der Waals surface area (Å²) in [7, 11) is 0. The van der Waals surface area contributed by atoms with E-state index in [1.165, 1.54) is 25.7 Å². The number of phenolic OH excluding ortho intramolecular Hbond substituents is 1. The number of hydrogen-bond donors (Lipinski definition) is 2. The highest BCUT2D eigenvalue weighted by Gasteiger charge is 2.15. The van der Waals surface area contributed by atoms with E-state index in [9.17, 15) is 5.11 Å². The molecule has 21 heavy (non-hydrogen) atoms. The molecule has 0 saturated heterocycles. The van der Waals surface area contributed by atoms with Crippen LogP contribution in [-0.2, 0) is 0 Å². The van der Waals surface area contributed by atoms with E-state index in [4.69, 9.17) is 11.6 Å². The van der Waals surface area contributed by atoms with E-state index in [1.807, 2.05) is 19.1 Å². The molecule has 0 bridgehead atoms. The van der Waals surface area contributed by atoms with E-state index >= 15 is 0 Å². The van der Waals surface area contributed by atoms with E-state index in [0.717, 1.165) is 22.6 Å². The minimum Gasteiger partial charge on any atom is -0.506 e. The number of anilines is 1. The van der Waals surface area contributed by atoms with Gasteiger partial charge in [-0.3, -0.25) is 0 Å². The maximum Gasteiger partial charge on any atom is 0.148 e. The molecule has 1 heterocycles. The Balaban J connectivity index is 1.82. The molecule has 1 fully saturated rings. The molecule has 1 aromatic heterocycles. The lowest BCUT2D eigenvalue weighted by molar-refractivity contribution is 0.475. The molecule has 5 heteroatoms. The molecular formula is C16H18ClN3O. The van der Waals surface area contributed by atoms with Crippen LogP contribution in [0, 0.1) is 6.92 Å². The SMILES string of the molecule is Cc1cc(O)c(Cl)cc1-c1ccc(NC2CCCC2)nn1. The number of halogens is 1. The van der Waals surface area contributed by atoms with Crippen LogP contribution in [0.15, 0.2) is 24.3 Å². The van der Waals surface area contributed by atoms with Crippen LogP contribution in [-0.4, -0.2) is 21.3 Å². The summed E-state index contributed by atoms with van der Waals surface area (Å²) in [6, 6.07) is 7.76. The quantitative estimate of drug-likeness (QED) is 0.893. The van der Waals surface area contributed by atoms with Gasteiger partial charge in [-0.15, -0.1) is 10.2 Å². The average Bonchev–Trinajstić information content (AvgIpc) is 2.97. The highest BCUT2D eigenvalue weighted by atomic mass is 35.5. The first kappa shape index (κ1) is 14.1. The molecule has 110 valence electrons. The van der Waals surface area contributed by atoms with Crippen molar-refractivity contribution >= 4 is 17.4 Å². The Morgan fingerprint density at radius 2 is 1.95 bits per heavy atom. The fourth-order valence-electron chi connectivity index (χ4n) is 2.77. The van der Waals surface area contributed by atoms with Crippen molar-refractivity contribution in [2.45, 2.75) is 38.6 Å². The molecule has 4 nitrogen and oxygen atoms in total. The zero-order chi connectivity index (χ0) is 14.8. The molecule has 2 aromatic rings. The number of phenols is 1. The Hall–Kier alpha value is -1.81. The number of rotatable bonds is 3. The predicted octanol–water partition coefficient (Wildman–Crippen LogP) is 4.17. The lowest BCUT2D eigenvalue weighted by Gasteiger charge is -2.12. The number of nitrogens with one attached hydrogen (secondary N) is 1. The number of aromatic nitrogens is 2. The largest absolute Gasteiger partial charge is 0.506 e. The maximum absolute atomic E-state index is 9.60. The molecule has 2 N–H and O–H groups in total. The summed E-state index contributed by atoms with van der Waals surface area (Å²) >= 11 is 5.97. The van der Waals surface area contributed by atoms with Gasteiger partial charge in [-0.1, -0.05) is 24.4 Å². The zero-order valence-electron chi connectivity index (χ0n) is 11.9. The molecule has 1 aromatic carbocycles. The summed E-state index contributed by atoms with van der Waals surface area (Å²) in [6.07, 6.45) is 4.98. The number of nitrogens with zero attached hydrogens (tertiary/aromatic N) is 2. The second kappa shape index (κ2) is 5.90. The van der Waals surface area contributed by atoms with Crippen molar-refractivity contribution in [3.05, 3.63) is 34.9 Å². The average molecular weight is 304 g/mol. The molecule has 3 rings (SSSR count). The van der Waals surface area contributed by atoms with Crippen LogP contribution >= 0.6 is 11.6 Å². The fraction of sp³-hybridized carbons (Fsp3) is 0.375. The van der Waals surface area contributed by atoms with Gasteiger partial charge in [0.25, 0.3) is 0 Å². The minimum absolute atomic E-state index is 0.0883. The summed E-state index contributed by atoms with van der Waals surface area (Å²) < 4.78 is 0. The van der Waals surface area contributed by atoms with Crippen molar-refractivity contribution in [2.75, 3.05) is 5.32 Å². The molecule has 1 saturated carbocycles. The molecule has 1 aliphatic rings. The predicted molar refractivity (Wildman–Crippen MR) is 84.8 cm³/mol. The van der Waals surface area contributed by atoms with E-state index < -0.39 is 0 Å². The molecule has 1 aliphatic carbocycles. The monoisotopic (exact) mass is 303 g/mol. The van der Waals surface area contributed by atoms with Gasteiger partial charge in [-0.2, -0.15) is 0 Å². The molecule has 0 amide bonds. The van der Waals surface area contributed by atoms with Crippen LogP contribution < -0.4 is 5.32 Å². The third-order valence-corrected chi connectivity index (χ3v) is 4.24. The van der Waals surface area contributed by atoms with Crippen molar-refractivity contribution in [2.24, 2.45) is 0 Å². The smallest absolute Gasteiger partial charge is 0.148 e. The van der Waals surface area contributed by atoms with Gasteiger partial charge >= 0.3 is 0 Å². The van der Waals surface area contributed by atoms with Gasteiger partial charge in [0, 0.05) is 11.6 Å². The summed E-state index contributed by atoms with van der Waals surface area (Å²) in [5.41, 5.74) is 2.56. The van der Waals surface area contributed by atoms with Gasteiger partial charge in [0.2, 0.25) is 0 Å². The van der Waals surface area contributed by atoms with Crippen LogP contribution in [0.25, 0.3) is 11.3 Å². The number of benzene rings is 1. The summed E-state index contributed by atoms with van der Waals surface area (Å²) in [4.78, 5) is 0. The number of aromatic hydroxyl groups is 1. The first-order valence-corrected chi connectivity index (χ1v) is 7.61. The molecule has 0 spiro atoms. The summed E-state index contributed by atoms with van der Waals surface area (Å²) in [5.74, 6) is 0.901. The highest BCUT2D eigenvalue weighted by Crippen LogP contribution is 2.32. The second-order valence-corrected chi connectivity index (χ2v) is 5.96. The molecule has 0 atom stereocenters. The third-order valence-electron chi connectivity index (χ3n) is 3.94. The summed E-state index contributed by atoms with van der Waals surface area (Å²) in [5, 5.41) is 21.9. The van der Waals surface area contributed by atoms with Gasteiger partial charge < -0.3 is 10.4 Å². The van der Waals surface area contributed by atoms with E-state index in [0.29, 0.717) is 11.1 Å². The number of aryl methyl sites for hydroxylation is 1. The van der Waals surface area contributed by atoms with E-state index in [2.05, 4.69) is 15.5 Å². The molecule has 0 radical (unpaired) electrons. The van der Waals surface area contributed by atoms with Gasteiger partial charge in [-0.25, -0.2) is 0 Å².